The number of hydrogen-bond acceptors (Lipinski definition) is 3. The molecule has 70 valence electrons. The van der Waals surface area contributed by atoms with Crippen LogP contribution in [0.1, 0.15) is 0 Å². The molecule has 0 saturated heterocycles. The molecular weight excluding hydrogens is 192 g/mol. The molecule has 0 aliphatic rings. The number of hydrogen-bond donors (Lipinski definition) is 2. The smallest absolute Gasteiger partial charge is 0.411 e. The van der Waals surface area contributed by atoms with Gasteiger partial charge in [0.15, 0.2) is 0 Å². The minimum absolute atomic E-state index is 0.380. The fourth-order valence-electron chi connectivity index (χ4n) is 0.794. The van der Waals surface area contributed by atoms with Crippen LogP contribution >= 0.6 is 11.6 Å². The first-order chi connectivity index (χ1) is 6.13. The van der Waals surface area contributed by atoms with Gasteiger partial charge in [-0.2, -0.15) is 0 Å². The molecule has 4 nitrogen and oxygen atoms in total. The topological polar surface area (TPSA) is 64.3 Å². The highest BCUT2D eigenvalue weighted by Gasteiger charge is 2.04. The van der Waals surface area contributed by atoms with Crippen LogP contribution in [0.5, 0.6) is 0 Å². The van der Waals surface area contributed by atoms with Crippen LogP contribution in [0.25, 0.3) is 0 Å². The highest BCUT2D eigenvalue weighted by Crippen LogP contribution is 2.23. The monoisotopic (exact) mass is 200 g/mol. The number of carbonyl (C=O) groups excluding carboxylic acids is 1. The second-order valence-corrected chi connectivity index (χ2v) is 2.76. The van der Waals surface area contributed by atoms with Gasteiger partial charge in [-0.1, -0.05) is 11.6 Å². The number of carbonyl (C=O) groups is 1. The van der Waals surface area contributed by atoms with Crippen molar-refractivity contribution in [3.05, 3.63) is 23.2 Å². The molecule has 1 amide bonds. The number of nitrogens with two attached hydrogens (primary N) is 1. The first-order valence-corrected chi connectivity index (χ1v) is 3.91. The fourth-order valence-corrected chi connectivity index (χ4v) is 1.03. The largest absolute Gasteiger partial charge is 0.453 e. The van der Waals surface area contributed by atoms with Gasteiger partial charge in [0.1, 0.15) is 0 Å². The molecule has 3 N–H and O–H groups in total. The zero-order chi connectivity index (χ0) is 9.84. The molecule has 0 heterocycles. The zero-order valence-electron chi connectivity index (χ0n) is 7.00. The molecule has 0 unspecified atom stereocenters. The van der Waals surface area contributed by atoms with Gasteiger partial charge in [0.2, 0.25) is 0 Å². The second kappa shape index (κ2) is 4.00. The van der Waals surface area contributed by atoms with E-state index in [1.807, 2.05) is 0 Å². The molecule has 0 fully saturated rings. The van der Waals surface area contributed by atoms with E-state index in [2.05, 4.69) is 10.1 Å². The Morgan fingerprint density at radius 2 is 2.31 bits per heavy atom. The van der Waals surface area contributed by atoms with Crippen molar-refractivity contribution in [3.8, 4) is 0 Å². The molecule has 13 heavy (non-hydrogen) atoms. The van der Waals surface area contributed by atoms with Gasteiger partial charge in [-0.05, 0) is 18.2 Å². The van der Waals surface area contributed by atoms with Crippen LogP contribution in [0.4, 0.5) is 16.2 Å². The Kier molecular flexibility index (Phi) is 2.97. The number of halogens is 1. The van der Waals surface area contributed by atoms with Crippen molar-refractivity contribution >= 4 is 29.1 Å². The Morgan fingerprint density at radius 3 is 2.85 bits per heavy atom. The van der Waals surface area contributed by atoms with Crippen molar-refractivity contribution in [2.45, 2.75) is 0 Å². The minimum atomic E-state index is -0.563. The van der Waals surface area contributed by atoms with Crippen molar-refractivity contribution in [2.24, 2.45) is 0 Å². The molecule has 1 aromatic rings. The molecule has 0 saturated carbocycles. The zero-order valence-corrected chi connectivity index (χ0v) is 7.76. The molecule has 0 aromatic heterocycles. The number of anilines is 2. The summed E-state index contributed by atoms with van der Waals surface area (Å²) < 4.78 is 4.40. The third kappa shape index (κ3) is 2.52. The molecule has 0 bridgehead atoms. The predicted molar refractivity (Wildman–Crippen MR) is 51.9 cm³/mol. The standard InChI is InChI=1S/C8H9ClN2O2/c1-13-8(12)11-7-3-2-5(10)4-6(7)9/h2-4H,10H2,1H3,(H,11,12). The van der Waals surface area contributed by atoms with E-state index < -0.39 is 6.09 Å². The summed E-state index contributed by atoms with van der Waals surface area (Å²) in [5.74, 6) is 0. The molecule has 0 atom stereocenters. The van der Waals surface area contributed by atoms with Gasteiger partial charge in [0.05, 0.1) is 17.8 Å². The maximum atomic E-state index is 10.8. The van der Waals surface area contributed by atoms with E-state index in [9.17, 15) is 4.79 Å². The van der Waals surface area contributed by atoms with Crippen LogP contribution in [0, 0.1) is 0 Å². The van der Waals surface area contributed by atoms with Crippen LogP contribution < -0.4 is 11.1 Å². The van der Waals surface area contributed by atoms with E-state index in [0.717, 1.165) is 0 Å². The van der Waals surface area contributed by atoms with E-state index in [1.54, 1.807) is 18.2 Å². The number of rotatable bonds is 1. The lowest BCUT2D eigenvalue weighted by atomic mass is 10.3. The lowest BCUT2D eigenvalue weighted by molar-refractivity contribution is 0.187. The molecule has 1 rings (SSSR count). The van der Waals surface area contributed by atoms with Gasteiger partial charge in [0, 0.05) is 5.69 Å². The van der Waals surface area contributed by atoms with Crippen LogP contribution in [0.15, 0.2) is 18.2 Å². The average molecular weight is 201 g/mol. The van der Waals surface area contributed by atoms with Crippen molar-refractivity contribution in [1.29, 1.82) is 0 Å². The molecular formula is C8H9ClN2O2. The Balaban J connectivity index is 2.83. The Hall–Kier alpha value is -1.42. The second-order valence-electron chi connectivity index (χ2n) is 2.36. The number of amides is 1. The Morgan fingerprint density at radius 1 is 1.62 bits per heavy atom. The van der Waals surface area contributed by atoms with Gasteiger partial charge in [-0.25, -0.2) is 4.79 Å². The third-order valence-corrected chi connectivity index (χ3v) is 1.73. The molecule has 1 aromatic carbocycles. The number of nitrogens with one attached hydrogen (secondary N) is 1. The lowest BCUT2D eigenvalue weighted by Crippen LogP contribution is -2.11. The summed E-state index contributed by atoms with van der Waals surface area (Å²) in [5, 5.41) is 2.82. The van der Waals surface area contributed by atoms with E-state index in [-0.39, 0.29) is 0 Å². The maximum Gasteiger partial charge on any atom is 0.411 e. The van der Waals surface area contributed by atoms with Crippen molar-refractivity contribution in [1.82, 2.24) is 0 Å². The highest BCUT2D eigenvalue weighted by molar-refractivity contribution is 6.33. The van der Waals surface area contributed by atoms with Crippen molar-refractivity contribution in [2.75, 3.05) is 18.2 Å². The number of methoxy groups -OCH3 is 1. The summed E-state index contributed by atoms with van der Waals surface area (Å²) in [6.07, 6.45) is -0.563. The number of benzene rings is 1. The van der Waals surface area contributed by atoms with E-state index in [1.165, 1.54) is 7.11 Å². The third-order valence-electron chi connectivity index (χ3n) is 1.42. The van der Waals surface area contributed by atoms with Crippen LogP contribution in [-0.4, -0.2) is 13.2 Å². The van der Waals surface area contributed by atoms with Crippen LogP contribution in [0.3, 0.4) is 0 Å². The summed E-state index contributed by atoms with van der Waals surface area (Å²) in [6.45, 7) is 0. The van der Waals surface area contributed by atoms with Gasteiger partial charge in [0.25, 0.3) is 0 Å². The van der Waals surface area contributed by atoms with Crippen molar-refractivity contribution in [3.63, 3.8) is 0 Å². The average Bonchev–Trinajstić information content (AvgIpc) is 2.09. The van der Waals surface area contributed by atoms with E-state index in [0.29, 0.717) is 16.4 Å². The summed E-state index contributed by atoms with van der Waals surface area (Å²) in [5.41, 5.74) is 6.48. The summed E-state index contributed by atoms with van der Waals surface area (Å²) in [7, 11) is 1.28. The Bertz CT molecular complexity index is 328. The molecule has 5 heteroatoms. The quantitative estimate of drug-likeness (QED) is 0.683. The molecule has 0 spiro atoms. The van der Waals surface area contributed by atoms with E-state index >= 15 is 0 Å². The van der Waals surface area contributed by atoms with E-state index in [4.69, 9.17) is 17.3 Å². The molecule has 0 aliphatic heterocycles. The first-order valence-electron chi connectivity index (χ1n) is 3.53. The van der Waals surface area contributed by atoms with Crippen LogP contribution in [0.2, 0.25) is 5.02 Å². The Labute approximate surface area is 80.6 Å². The highest BCUT2D eigenvalue weighted by atomic mass is 35.5. The molecule has 0 aliphatic carbocycles. The minimum Gasteiger partial charge on any atom is -0.453 e. The summed E-state index contributed by atoms with van der Waals surface area (Å²) >= 11 is 5.78. The SMILES string of the molecule is COC(=O)Nc1ccc(N)cc1Cl. The first kappa shape index (κ1) is 9.67. The van der Waals surface area contributed by atoms with Crippen molar-refractivity contribution < 1.29 is 9.53 Å². The number of ether oxygens (including phenoxy) is 1. The molecule has 0 radical (unpaired) electrons. The summed E-state index contributed by atoms with van der Waals surface area (Å²) in [6, 6.07) is 4.79. The van der Waals surface area contributed by atoms with Gasteiger partial charge in [-0.3, -0.25) is 5.32 Å². The fraction of sp³-hybridized carbons (Fsp3) is 0.125. The van der Waals surface area contributed by atoms with Gasteiger partial charge >= 0.3 is 6.09 Å². The van der Waals surface area contributed by atoms with Gasteiger partial charge < -0.3 is 10.5 Å². The lowest BCUT2D eigenvalue weighted by Gasteiger charge is -2.05. The van der Waals surface area contributed by atoms with Gasteiger partial charge in [-0.15, -0.1) is 0 Å². The normalized spacial score (nSPS) is 9.38. The maximum absolute atomic E-state index is 10.8. The summed E-state index contributed by atoms with van der Waals surface area (Å²) in [4.78, 5) is 10.8. The predicted octanol–water partition coefficient (Wildman–Crippen LogP) is 2.10. The van der Waals surface area contributed by atoms with Crippen LogP contribution in [-0.2, 0) is 4.74 Å². The number of nitrogen functional groups attached to an aromatic ring is 1.